The predicted molar refractivity (Wildman–Crippen MR) is 120 cm³/mol. The molecule has 0 N–H and O–H groups in total. The molecule has 6 rings (SSSR count). The maximum Gasteiger partial charge on any atom is 0.267 e. The summed E-state index contributed by atoms with van der Waals surface area (Å²) in [6, 6.07) is 19.0. The van der Waals surface area contributed by atoms with Crippen LogP contribution in [-0.2, 0) is 0 Å². The van der Waals surface area contributed by atoms with Crippen LogP contribution >= 0.6 is 22.9 Å². The molecule has 0 saturated heterocycles. The summed E-state index contributed by atoms with van der Waals surface area (Å²) in [6.45, 7) is 0. The second kappa shape index (κ2) is 5.86. The van der Waals surface area contributed by atoms with Crippen molar-refractivity contribution in [1.29, 1.82) is 0 Å². The molecule has 0 aliphatic rings. The van der Waals surface area contributed by atoms with Crippen LogP contribution in [0.4, 0.5) is 0 Å². The van der Waals surface area contributed by atoms with E-state index in [4.69, 9.17) is 11.6 Å². The highest BCUT2D eigenvalue weighted by Crippen LogP contribution is 2.39. The van der Waals surface area contributed by atoms with Crippen LogP contribution in [0, 0.1) is 0 Å². The molecular formula is C23H11ClN2O2S. The van der Waals surface area contributed by atoms with Crippen molar-refractivity contribution in [2.45, 2.75) is 0 Å². The van der Waals surface area contributed by atoms with Gasteiger partial charge in [-0.15, -0.1) is 11.3 Å². The third-order valence-electron chi connectivity index (χ3n) is 5.33. The van der Waals surface area contributed by atoms with Crippen molar-refractivity contribution in [2.75, 3.05) is 0 Å². The van der Waals surface area contributed by atoms with Crippen LogP contribution in [0.2, 0.25) is 5.02 Å². The van der Waals surface area contributed by atoms with E-state index < -0.39 is 0 Å². The Hall–Kier alpha value is -3.28. The summed E-state index contributed by atoms with van der Waals surface area (Å²) in [7, 11) is 0. The highest BCUT2D eigenvalue weighted by Gasteiger charge is 2.19. The standard InChI is InChI=1S/C23H11ClN2O2S/c24-12-5-10-19(25-11-12)26-22(27)15-7-6-14-13-3-1-2-4-17(13)29-18-9-8-16(23(26)28)20(15)21(14)18/h1-11H. The smallest absolute Gasteiger partial charge is 0.267 e. The number of hydrogen-bond acceptors (Lipinski definition) is 4. The number of pyridine rings is 2. The van der Waals surface area contributed by atoms with E-state index in [1.807, 2.05) is 36.4 Å². The first-order valence-electron chi connectivity index (χ1n) is 9.01. The van der Waals surface area contributed by atoms with Crippen LogP contribution in [0.3, 0.4) is 0 Å². The largest absolute Gasteiger partial charge is 0.268 e. The van der Waals surface area contributed by atoms with Gasteiger partial charge < -0.3 is 0 Å². The summed E-state index contributed by atoms with van der Waals surface area (Å²) in [4.78, 5) is 30.8. The summed E-state index contributed by atoms with van der Waals surface area (Å²) in [5, 5.41) is 5.33. The highest BCUT2D eigenvalue weighted by atomic mass is 35.5. The Bertz CT molecular complexity index is 1670. The lowest BCUT2D eigenvalue weighted by molar-refractivity contribution is 0.923. The van der Waals surface area contributed by atoms with Gasteiger partial charge in [-0.25, -0.2) is 9.55 Å². The first-order chi connectivity index (χ1) is 14.1. The van der Waals surface area contributed by atoms with Crippen LogP contribution in [0.15, 0.2) is 76.4 Å². The van der Waals surface area contributed by atoms with Gasteiger partial charge in [0.05, 0.1) is 5.02 Å². The van der Waals surface area contributed by atoms with Crippen molar-refractivity contribution in [2.24, 2.45) is 0 Å². The quantitative estimate of drug-likeness (QED) is 0.269. The summed E-state index contributed by atoms with van der Waals surface area (Å²) < 4.78 is 3.35. The number of rotatable bonds is 1. The minimum atomic E-state index is -0.370. The van der Waals surface area contributed by atoms with Gasteiger partial charge in [-0.3, -0.25) is 9.59 Å². The molecular weight excluding hydrogens is 404 g/mol. The van der Waals surface area contributed by atoms with Gasteiger partial charge in [0.25, 0.3) is 11.1 Å². The lowest BCUT2D eigenvalue weighted by Crippen LogP contribution is -2.32. The topological polar surface area (TPSA) is 52.0 Å². The van der Waals surface area contributed by atoms with Crippen LogP contribution in [-0.4, -0.2) is 9.55 Å². The second-order valence-electron chi connectivity index (χ2n) is 6.90. The molecule has 0 spiro atoms. The van der Waals surface area contributed by atoms with E-state index in [9.17, 15) is 9.59 Å². The fraction of sp³-hybridized carbons (Fsp3) is 0. The van der Waals surface area contributed by atoms with Gasteiger partial charge in [0.2, 0.25) is 0 Å². The predicted octanol–water partition coefficient (Wildman–Crippen LogP) is 5.36. The Morgan fingerprint density at radius 3 is 2.21 bits per heavy atom. The van der Waals surface area contributed by atoms with E-state index in [0.29, 0.717) is 15.8 Å². The zero-order valence-electron chi connectivity index (χ0n) is 14.8. The molecule has 0 bridgehead atoms. The molecule has 0 radical (unpaired) electrons. The van der Waals surface area contributed by atoms with Gasteiger partial charge in [0, 0.05) is 37.1 Å². The Labute approximate surface area is 172 Å². The van der Waals surface area contributed by atoms with Gasteiger partial charge >= 0.3 is 0 Å². The minimum absolute atomic E-state index is 0.267. The maximum absolute atomic E-state index is 13.3. The maximum atomic E-state index is 13.3. The first kappa shape index (κ1) is 16.7. The monoisotopic (exact) mass is 414 g/mol. The zero-order valence-corrected chi connectivity index (χ0v) is 16.4. The molecule has 29 heavy (non-hydrogen) atoms. The van der Waals surface area contributed by atoms with Crippen LogP contribution in [0.1, 0.15) is 0 Å². The van der Waals surface area contributed by atoms with Crippen LogP contribution < -0.4 is 11.1 Å². The molecule has 138 valence electrons. The van der Waals surface area contributed by atoms with E-state index in [2.05, 4.69) is 17.1 Å². The minimum Gasteiger partial charge on any atom is -0.268 e. The van der Waals surface area contributed by atoms with Crippen LogP contribution in [0.25, 0.3) is 47.5 Å². The SMILES string of the molecule is O=c1c2ccc3sc4ccccc4c4ccc(c(=O)n1-c1ccc(Cl)cn1)c2c34. The Morgan fingerprint density at radius 1 is 0.724 bits per heavy atom. The van der Waals surface area contributed by atoms with Crippen molar-refractivity contribution in [3.8, 4) is 5.82 Å². The van der Waals surface area contributed by atoms with E-state index in [-0.39, 0.29) is 16.9 Å². The first-order valence-corrected chi connectivity index (χ1v) is 10.2. The third kappa shape index (κ3) is 2.23. The molecule has 3 aromatic heterocycles. The Kier molecular flexibility index (Phi) is 3.37. The average Bonchev–Trinajstić information content (AvgIpc) is 2.74. The third-order valence-corrected chi connectivity index (χ3v) is 6.69. The molecule has 0 unspecified atom stereocenters. The number of halogens is 1. The van der Waals surface area contributed by atoms with E-state index in [0.717, 1.165) is 30.8 Å². The summed E-state index contributed by atoms with van der Waals surface area (Å²) >= 11 is 7.58. The summed E-state index contributed by atoms with van der Waals surface area (Å²) in [5.41, 5.74) is -0.741. The Balaban J connectivity index is 1.86. The molecule has 0 fully saturated rings. The normalized spacial score (nSPS) is 11.9. The van der Waals surface area contributed by atoms with E-state index >= 15 is 0 Å². The average molecular weight is 415 g/mol. The lowest BCUT2D eigenvalue weighted by atomic mass is 9.98. The van der Waals surface area contributed by atoms with Crippen LogP contribution in [0.5, 0.6) is 0 Å². The molecule has 0 aliphatic carbocycles. The fourth-order valence-corrected chi connectivity index (χ4v) is 5.30. The van der Waals surface area contributed by atoms with Gasteiger partial charge in [-0.05, 0) is 47.2 Å². The number of nitrogens with zero attached hydrogens (tertiary/aromatic N) is 2. The number of hydrogen-bond donors (Lipinski definition) is 0. The second-order valence-corrected chi connectivity index (χ2v) is 8.42. The van der Waals surface area contributed by atoms with Gasteiger partial charge in [-0.1, -0.05) is 35.9 Å². The van der Waals surface area contributed by atoms with Crippen molar-refractivity contribution in [1.82, 2.24) is 9.55 Å². The molecule has 3 aromatic carbocycles. The molecule has 6 aromatic rings. The summed E-state index contributed by atoms with van der Waals surface area (Å²) in [5.74, 6) is 0.267. The van der Waals surface area contributed by atoms with Crippen molar-refractivity contribution < 1.29 is 0 Å². The number of fused-ring (bicyclic) bond motifs is 2. The molecule has 0 saturated carbocycles. The van der Waals surface area contributed by atoms with Gasteiger partial charge in [0.15, 0.2) is 0 Å². The molecule has 3 heterocycles. The van der Waals surface area contributed by atoms with E-state index in [1.165, 1.54) is 10.9 Å². The zero-order chi connectivity index (χ0) is 19.7. The number of benzene rings is 3. The van der Waals surface area contributed by atoms with Gasteiger partial charge in [-0.2, -0.15) is 0 Å². The van der Waals surface area contributed by atoms with Crippen molar-refractivity contribution in [3.63, 3.8) is 0 Å². The molecule has 0 amide bonds. The Morgan fingerprint density at radius 2 is 1.45 bits per heavy atom. The van der Waals surface area contributed by atoms with Gasteiger partial charge in [0.1, 0.15) is 5.82 Å². The molecule has 4 nitrogen and oxygen atoms in total. The molecule has 0 atom stereocenters. The lowest BCUT2D eigenvalue weighted by Gasteiger charge is -2.13. The summed E-state index contributed by atoms with van der Waals surface area (Å²) in [6.07, 6.45) is 1.43. The fourth-order valence-electron chi connectivity index (χ4n) is 4.07. The number of aromatic nitrogens is 2. The highest BCUT2D eigenvalue weighted by molar-refractivity contribution is 7.25. The molecule has 6 heteroatoms. The molecule has 0 aliphatic heterocycles. The van der Waals surface area contributed by atoms with Crippen molar-refractivity contribution >= 4 is 64.7 Å². The van der Waals surface area contributed by atoms with E-state index in [1.54, 1.807) is 23.5 Å². The van der Waals surface area contributed by atoms with Crippen molar-refractivity contribution in [3.05, 3.63) is 92.6 Å².